The molecule has 4 nitrogen and oxygen atoms in total. The lowest BCUT2D eigenvalue weighted by Gasteiger charge is -2.22. The molecule has 0 aliphatic heterocycles. The van der Waals surface area contributed by atoms with Gasteiger partial charge in [-0.25, -0.2) is 4.39 Å². The van der Waals surface area contributed by atoms with Crippen LogP contribution in [0.2, 0.25) is 0 Å². The second-order valence-electron chi connectivity index (χ2n) is 4.10. The Hall–Kier alpha value is -1.67. The summed E-state index contributed by atoms with van der Waals surface area (Å²) in [7, 11) is 0. The van der Waals surface area contributed by atoms with Crippen LogP contribution >= 0.6 is 0 Å². The van der Waals surface area contributed by atoms with Gasteiger partial charge < -0.3 is 10.4 Å². The summed E-state index contributed by atoms with van der Waals surface area (Å²) in [4.78, 5) is 12.3. The number of carbonyl (C=O) groups excluding carboxylic acids is 1. The summed E-state index contributed by atoms with van der Waals surface area (Å²) < 4.78 is 49.4. The van der Waals surface area contributed by atoms with E-state index in [9.17, 15) is 22.4 Å². The molecule has 20 heavy (non-hydrogen) atoms. The molecule has 2 N–H and O–H groups in total. The van der Waals surface area contributed by atoms with Crippen molar-refractivity contribution in [2.75, 3.05) is 31.6 Å². The number of alkyl halides is 3. The van der Waals surface area contributed by atoms with Crippen LogP contribution in [-0.2, 0) is 4.79 Å². The molecule has 1 amide bonds. The van der Waals surface area contributed by atoms with Crippen LogP contribution in [0.25, 0.3) is 0 Å². The van der Waals surface area contributed by atoms with Crippen LogP contribution in [0.15, 0.2) is 24.3 Å². The van der Waals surface area contributed by atoms with Crippen molar-refractivity contribution in [3.05, 3.63) is 30.1 Å². The fourth-order valence-electron chi connectivity index (χ4n) is 1.55. The number of halogens is 4. The lowest BCUT2D eigenvalue weighted by atomic mass is 10.3. The fraction of sp³-hybridized carbons (Fsp3) is 0.417. The average Bonchev–Trinajstić information content (AvgIpc) is 2.30. The van der Waals surface area contributed by atoms with E-state index in [0.29, 0.717) is 0 Å². The second-order valence-corrected chi connectivity index (χ2v) is 4.10. The molecule has 0 saturated carbocycles. The van der Waals surface area contributed by atoms with Crippen molar-refractivity contribution in [1.82, 2.24) is 4.90 Å². The maximum Gasteiger partial charge on any atom is 0.401 e. The lowest BCUT2D eigenvalue weighted by molar-refractivity contribution is -0.148. The Morgan fingerprint density at radius 2 is 1.85 bits per heavy atom. The zero-order valence-corrected chi connectivity index (χ0v) is 10.5. The van der Waals surface area contributed by atoms with Crippen molar-refractivity contribution in [3.8, 4) is 0 Å². The Bertz CT molecular complexity index is 434. The minimum absolute atomic E-state index is 0.268. The third kappa shape index (κ3) is 6.48. The molecule has 0 spiro atoms. The number of anilines is 1. The molecule has 0 heterocycles. The van der Waals surface area contributed by atoms with Gasteiger partial charge in [-0.3, -0.25) is 9.69 Å². The zero-order chi connectivity index (χ0) is 15.2. The molecule has 0 aliphatic carbocycles. The van der Waals surface area contributed by atoms with Crippen molar-refractivity contribution in [3.63, 3.8) is 0 Å². The first-order valence-electron chi connectivity index (χ1n) is 5.75. The molecule has 0 unspecified atom stereocenters. The number of nitrogens with one attached hydrogen (secondary N) is 1. The highest BCUT2D eigenvalue weighted by atomic mass is 19.4. The van der Waals surface area contributed by atoms with E-state index >= 15 is 0 Å². The van der Waals surface area contributed by atoms with Gasteiger partial charge in [-0.1, -0.05) is 0 Å². The normalized spacial score (nSPS) is 11.7. The van der Waals surface area contributed by atoms with Gasteiger partial charge in [-0.2, -0.15) is 13.2 Å². The highest BCUT2D eigenvalue weighted by Crippen LogP contribution is 2.16. The molecule has 0 aliphatic rings. The Labute approximate surface area is 113 Å². The van der Waals surface area contributed by atoms with E-state index in [2.05, 4.69) is 5.32 Å². The zero-order valence-electron chi connectivity index (χ0n) is 10.5. The molecule has 0 aromatic heterocycles. The fourth-order valence-corrected chi connectivity index (χ4v) is 1.55. The van der Waals surface area contributed by atoms with Gasteiger partial charge in [0.15, 0.2) is 0 Å². The van der Waals surface area contributed by atoms with Crippen LogP contribution in [0.3, 0.4) is 0 Å². The quantitative estimate of drug-likeness (QED) is 0.784. The maximum atomic E-state index is 12.6. The molecule has 112 valence electrons. The van der Waals surface area contributed by atoms with E-state index in [1.807, 2.05) is 0 Å². The van der Waals surface area contributed by atoms with E-state index in [1.165, 1.54) is 12.1 Å². The average molecular weight is 294 g/mol. The Morgan fingerprint density at radius 3 is 2.35 bits per heavy atom. The van der Waals surface area contributed by atoms with Gasteiger partial charge in [-0.05, 0) is 24.3 Å². The van der Waals surface area contributed by atoms with Gasteiger partial charge in [-0.15, -0.1) is 0 Å². The summed E-state index contributed by atoms with van der Waals surface area (Å²) in [6, 6.07) is 4.84. The van der Waals surface area contributed by atoms with E-state index in [0.717, 1.165) is 17.0 Å². The number of hydrogen-bond donors (Lipinski definition) is 2. The highest BCUT2D eigenvalue weighted by Gasteiger charge is 2.31. The topological polar surface area (TPSA) is 52.6 Å². The van der Waals surface area contributed by atoms with Crippen molar-refractivity contribution >= 4 is 11.6 Å². The largest absolute Gasteiger partial charge is 0.401 e. The third-order valence-corrected chi connectivity index (χ3v) is 2.31. The van der Waals surface area contributed by atoms with Crippen molar-refractivity contribution in [1.29, 1.82) is 0 Å². The predicted molar refractivity (Wildman–Crippen MR) is 64.6 cm³/mol. The number of nitrogens with zero attached hydrogens (tertiary/aromatic N) is 1. The van der Waals surface area contributed by atoms with Crippen molar-refractivity contribution in [2.24, 2.45) is 0 Å². The smallest absolute Gasteiger partial charge is 0.395 e. The molecule has 0 bridgehead atoms. The van der Waals surface area contributed by atoms with Crippen LogP contribution in [0.1, 0.15) is 0 Å². The summed E-state index contributed by atoms with van der Waals surface area (Å²) in [6.07, 6.45) is -4.45. The third-order valence-electron chi connectivity index (χ3n) is 2.31. The van der Waals surface area contributed by atoms with E-state index < -0.39 is 37.6 Å². The SMILES string of the molecule is O=C(CN(CCO)CC(F)(F)F)Nc1ccc(F)cc1. The number of aliphatic hydroxyl groups is 1. The molecule has 8 heteroatoms. The number of carbonyl (C=O) groups is 1. The number of rotatable bonds is 6. The number of benzene rings is 1. The van der Waals surface area contributed by atoms with Gasteiger partial charge in [0.05, 0.1) is 19.7 Å². The van der Waals surface area contributed by atoms with Gasteiger partial charge in [0.2, 0.25) is 5.91 Å². The highest BCUT2D eigenvalue weighted by molar-refractivity contribution is 5.92. The van der Waals surface area contributed by atoms with Gasteiger partial charge in [0.1, 0.15) is 5.82 Å². The molecular weight excluding hydrogens is 280 g/mol. The van der Waals surface area contributed by atoms with Crippen LogP contribution in [0.5, 0.6) is 0 Å². The predicted octanol–water partition coefficient (Wildman–Crippen LogP) is 1.62. The Kier molecular flexibility index (Phi) is 5.90. The van der Waals surface area contributed by atoms with Crippen LogP contribution < -0.4 is 5.32 Å². The van der Waals surface area contributed by atoms with E-state index in [1.54, 1.807) is 0 Å². The van der Waals surface area contributed by atoms with Crippen LogP contribution in [0.4, 0.5) is 23.2 Å². The standard InChI is InChI=1S/C12H14F4N2O2/c13-9-1-3-10(4-2-9)17-11(20)7-18(5-6-19)8-12(14,15)16/h1-4,19H,5-8H2,(H,17,20). The van der Waals surface area contributed by atoms with Gasteiger partial charge >= 0.3 is 6.18 Å². The molecule has 0 saturated heterocycles. The first-order chi connectivity index (χ1) is 9.30. The molecule has 1 rings (SSSR count). The van der Waals surface area contributed by atoms with Crippen LogP contribution in [0, 0.1) is 5.82 Å². The summed E-state index contributed by atoms with van der Waals surface area (Å²) in [5.74, 6) is -1.16. The maximum absolute atomic E-state index is 12.6. The van der Waals surface area contributed by atoms with Crippen LogP contribution in [-0.4, -0.2) is 48.3 Å². The summed E-state index contributed by atoms with van der Waals surface area (Å²) in [5, 5.41) is 11.0. The van der Waals surface area contributed by atoms with Gasteiger partial charge in [0, 0.05) is 12.2 Å². The first-order valence-corrected chi connectivity index (χ1v) is 5.75. The van der Waals surface area contributed by atoms with E-state index in [4.69, 9.17) is 5.11 Å². The molecule has 0 fully saturated rings. The van der Waals surface area contributed by atoms with Crippen molar-refractivity contribution in [2.45, 2.75) is 6.18 Å². The summed E-state index contributed by atoms with van der Waals surface area (Å²) in [5.41, 5.74) is 0.285. The molecule has 1 aromatic carbocycles. The number of hydrogen-bond acceptors (Lipinski definition) is 3. The molecule has 0 radical (unpaired) electrons. The lowest BCUT2D eigenvalue weighted by Crippen LogP contribution is -2.41. The minimum atomic E-state index is -4.45. The molecule has 1 aromatic rings. The number of aliphatic hydroxyl groups excluding tert-OH is 1. The first kappa shape index (κ1) is 16.4. The monoisotopic (exact) mass is 294 g/mol. The van der Waals surface area contributed by atoms with Gasteiger partial charge in [0.25, 0.3) is 0 Å². The van der Waals surface area contributed by atoms with Crippen molar-refractivity contribution < 1.29 is 27.5 Å². The van der Waals surface area contributed by atoms with E-state index in [-0.39, 0.29) is 12.2 Å². The summed E-state index contributed by atoms with van der Waals surface area (Å²) in [6.45, 7) is -2.56. The Balaban J connectivity index is 2.55. The number of amides is 1. The Morgan fingerprint density at radius 1 is 1.25 bits per heavy atom. The molecule has 0 atom stereocenters. The second kappa shape index (κ2) is 7.20. The minimum Gasteiger partial charge on any atom is -0.395 e. The molecular formula is C12H14F4N2O2. The summed E-state index contributed by atoms with van der Waals surface area (Å²) >= 11 is 0.